The Kier molecular flexibility index (Phi) is 5.02. The van der Waals surface area contributed by atoms with Crippen LogP contribution in [-0.2, 0) is 0 Å². The highest BCUT2D eigenvalue weighted by molar-refractivity contribution is 9.10. The Morgan fingerprint density at radius 3 is 2.94 bits per heavy atom. The van der Waals surface area contributed by atoms with Crippen LogP contribution >= 0.6 is 27.5 Å². The van der Waals surface area contributed by atoms with Crippen molar-refractivity contribution < 1.29 is 5.21 Å². The van der Waals surface area contributed by atoms with Crippen molar-refractivity contribution in [1.82, 2.24) is 4.98 Å². The van der Waals surface area contributed by atoms with E-state index in [0.717, 1.165) is 4.47 Å². The molecule has 1 aromatic rings. The molecule has 0 saturated heterocycles. The van der Waals surface area contributed by atoms with Gasteiger partial charge in [-0.2, -0.15) is 0 Å². The second-order valence-electron chi connectivity index (χ2n) is 3.77. The van der Waals surface area contributed by atoms with Crippen LogP contribution in [0.3, 0.4) is 0 Å². The van der Waals surface area contributed by atoms with E-state index in [-0.39, 0.29) is 11.8 Å². The topological polar surface area (TPSA) is 74.7 Å². The van der Waals surface area contributed by atoms with Gasteiger partial charge in [-0.1, -0.05) is 23.7 Å². The summed E-state index contributed by atoms with van der Waals surface area (Å²) in [7, 11) is 1.85. The molecule has 1 heterocycles. The van der Waals surface area contributed by atoms with Gasteiger partial charge in [-0.05, 0) is 22.0 Å². The second kappa shape index (κ2) is 6.07. The van der Waals surface area contributed by atoms with Crippen molar-refractivity contribution in [2.45, 2.75) is 6.92 Å². The number of hydrogen-bond donors (Lipinski definition) is 2. The third kappa shape index (κ3) is 3.74. The number of anilines is 1. The Labute approximate surface area is 113 Å². The Hall–Kier alpha value is -1.01. The van der Waals surface area contributed by atoms with E-state index >= 15 is 0 Å². The number of nitrogens with two attached hydrogens (primary N) is 1. The molecule has 5 nitrogen and oxygen atoms in total. The number of aromatic nitrogens is 1. The predicted octanol–water partition coefficient (Wildman–Crippen LogP) is 2.32. The lowest BCUT2D eigenvalue weighted by atomic mass is 10.1. The highest BCUT2D eigenvalue weighted by Crippen LogP contribution is 2.25. The van der Waals surface area contributed by atoms with Gasteiger partial charge in [-0.3, -0.25) is 0 Å². The molecule has 3 N–H and O–H groups in total. The molecule has 0 spiro atoms. The third-order valence-electron chi connectivity index (χ3n) is 2.32. The first-order valence-electron chi connectivity index (χ1n) is 4.95. The highest BCUT2D eigenvalue weighted by Gasteiger charge is 2.14. The van der Waals surface area contributed by atoms with E-state index in [4.69, 9.17) is 22.5 Å². The normalized spacial score (nSPS) is 13.5. The summed E-state index contributed by atoms with van der Waals surface area (Å²) >= 11 is 9.37. The van der Waals surface area contributed by atoms with E-state index in [2.05, 4.69) is 26.1 Å². The molecule has 1 rings (SSSR count). The first kappa shape index (κ1) is 14.1. The number of oxime groups is 1. The molecule has 0 saturated carbocycles. The number of hydrogen-bond acceptors (Lipinski definition) is 4. The van der Waals surface area contributed by atoms with Crippen molar-refractivity contribution in [2.75, 3.05) is 18.5 Å². The van der Waals surface area contributed by atoms with Crippen LogP contribution in [0.5, 0.6) is 0 Å². The molecule has 0 radical (unpaired) electrons. The Morgan fingerprint density at radius 2 is 2.41 bits per heavy atom. The second-order valence-corrected chi connectivity index (χ2v) is 5.09. The Bertz CT molecular complexity index is 427. The molecule has 17 heavy (non-hydrogen) atoms. The number of amidine groups is 1. The van der Waals surface area contributed by atoms with Crippen LogP contribution in [0.2, 0.25) is 5.02 Å². The maximum Gasteiger partial charge on any atom is 0.147 e. The molecule has 1 unspecified atom stereocenters. The zero-order valence-corrected chi connectivity index (χ0v) is 11.9. The number of rotatable bonds is 4. The van der Waals surface area contributed by atoms with Crippen molar-refractivity contribution >= 4 is 39.2 Å². The van der Waals surface area contributed by atoms with Crippen LogP contribution in [0.4, 0.5) is 5.82 Å². The minimum Gasteiger partial charge on any atom is -0.409 e. The average molecular weight is 322 g/mol. The van der Waals surface area contributed by atoms with Gasteiger partial charge in [0.05, 0.1) is 5.02 Å². The minimum absolute atomic E-state index is 0.0912. The fraction of sp³-hybridized carbons (Fsp3) is 0.400. The van der Waals surface area contributed by atoms with Gasteiger partial charge in [0.15, 0.2) is 0 Å². The quantitative estimate of drug-likeness (QED) is 0.386. The minimum atomic E-state index is -0.0912. The maximum atomic E-state index is 8.58. The SMILES string of the molecule is CC(CN(C)c1ncc(Br)cc1Cl)C(N)=NO. The van der Waals surface area contributed by atoms with Crippen molar-refractivity contribution in [3.8, 4) is 0 Å². The van der Waals surface area contributed by atoms with E-state index in [0.29, 0.717) is 17.4 Å². The molecule has 1 aromatic heterocycles. The summed E-state index contributed by atoms with van der Waals surface area (Å²) < 4.78 is 0.823. The lowest BCUT2D eigenvalue weighted by Crippen LogP contribution is -2.33. The van der Waals surface area contributed by atoms with Crippen LogP contribution in [0.15, 0.2) is 21.9 Å². The first-order valence-corrected chi connectivity index (χ1v) is 6.12. The smallest absolute Gasteiger partial charge is 0.147 e. The van der Waals surface area contributed by atoms with Crippen LogP contribution in [0.1, 0.15) is 6.92 Å². The monoisotopic (exact) mass is 320 g/mol. The molecule has 94 valence electrons. The summed E-state index contributed by atoms with van der Waals surface area (Å²) in [4.78, 5) is 6.08. The van der Waals surface area contributed by atoms with Crippen molar-refractivity contribution in [3.05, 3.63) is 21.8 Å². The van der Waals surface area contributed by atoms with Gasteiger partial charge >= 0.3 is 0 Å². The summed E-state index contributed by atoms with van der Waals surface area (Å²) in [6, 6.07) is 1.77. The summed E-state index contributed by atoms with van der Waals surface area (Å²) in [5.74, 6) is 0.754. The van der Waals surface area contributed by atoms with Gasteiger partial charge in [0.25, 0.3) is 0 Å². The van der Waals surface area contributed by atoms with Gasteiger partial charge in [-0.15, -0.1) is 0 Å². The third-order valence-corrected chi connectivity index (χ3v) is 3.03. The van der Waals surface area contributed by atoms with E-state index in [9.17, 15) is 0 Å². The van der Waals surface area contributed by atoms with E-state index in [1.165, 1.54) is 0 Å². The van der Waals surface area contributed by atoms with Crippen molar-refractivity contribution in [1.29, 1.82) is 0 Å². The van der Waals surface area contributed by atoms with Gasteiger partial charge in [0.2, 0.25) is 0 Å². The molecule has 0 fully saturated rings. The first-order chi connectivity index (χ1) is 7.95. The summed E-state index contributed by atoms with van der Waals surface area (Å²) in [5, 5.41) is 12.1. The van der Waals surface area contributed by atoms with Crippen molar-refractivity contribution in [2.24, 2.45) is 16.8 Å². The van der Waals surface area contributed by atoms with Crippen LogP contribution in [0, 0.1) is 5.92 Å². The van der Waals surface area contributed by atoms with Gasteiger partial charge in [0, 0.05) is 30.2 Å². The predicted molar refractivity (Wildman–Crippen MR) is 72.8 cm³/mol. The van der Waals surface area contributed by atoms with Crippen LogP contribution in [-0.4, -0.2) is 29.6 Å². The summed E-state index contributed by atoms with van der Waals surface area (Å²) in [6.45, 7) is 2.42. The molecule has 0 aromatic carbocycles. The molecule has 7 heteroatoms. The number of pyridine rings is 1. The van der Waals surface area contributed by atoms with Crippen molar-refractivity contribution in [3.63, 3.8) is 0 Å². The molecule has 0 bridgehead atoms. The fourth-order valence-electron chi connectivity index (χ4n) is 1.38. The summed E-state index contributed by atoms with van der Waals surface area (Å²) in [6.07, 6.45) is 1.67. The molecule has 0 aliphatic rings. The Morgan fingerprint density at radius 1 is 1.76 bits per heavy atom. The molecular formula is C10H14BrClN4O. The lowest BCUT2D eigenvalue weighted by molar-refractivity contribution is 0.314. The number of nitrogens with zero attached hydrogens (tertiary/aromatic N) is 3. The standard InChI is InChI=1S/C10H14BrClN4O/c1-6(9(13)15-17)5-16(2)10-8(12)3-7(11)4-14-10/h3-4,6,17H,5H2,1-2H3,(H2,13,15). The highest BCUT2D eigenvalue weighted by atomic mass is 79.9. The molecular weight excluding hydrogens is 307 g/mol. The van der Waals surface area contributed by atoms with E-state index in [1.807, 2.05) is 18.9 Å². The zero-order chi connectivity index (χ0) is 13.0. The van der Waals surface area contributed by atoms with Gasteiger partial charge in [-0.25, -0.2) is 4.98 Å². The average Bonchev–Trinajstić information content (AvgIpc) is 2.27. The molecule has 0 aliphatic carbocycles. The van der Waals surface area contributed by atoms with Gasteiger partial charge in [0.1, 0.15) is 11.7 Å². The zero-order valence-electron chi connectivity index (χ0n) is 9.56. The number of halogens is 2. The molecule has 0 amide bonds. The molecule has 0 aliphatic heterocycles. The van der Waals surface area contributed by atoms with Crippen LogP contribution in [0.25, 0.3) is 0 Å². The molecule has 1 atom stereocenters. The van der Waals surface area contributed by atoms with E-state index in [1.54, 1.807) is 12.3 Å². The summed E-state index contributed by atoms with van der Waals surface area (Å²) in [5.41, 5.74) is 5.52. The Balaban J connectivity index is 2.79. The van der Waals surface area contributed by atoms with Crippen LogP contribution < -0.4 is 10.6 Å². The van der Waals surface area contributed by atoms with E-state index < -0.39 is 0 Å². The maximum absolute atomic E-state index is 8.58. The fourth-order valence-corrected chi connectivity index (χ4v) is 2.15. The van der Waals surface area contributed by atoms with Gasteiger partial charge < -0.3 is 15.8 Å². The lowest BCUT2D eigenvalue weighted by Gasteiger charge is -2.22. The largest absolute Gasteiger partial charge is 0.409 e.